The van der Waals surface area contributed by atoms with Gasteiger partial charge in [0, 0.05) is 44.0 Å². The van der Waals surface area contributed by atoms with Crippen molar-refractivity contribution < 1.29 is 4.79 Å². The summed E-state index contributed by atoms with van der Waals surface area (Å²) >= 11 is 0. The third-order valence-corrected chi connectivity index (χ3v) is 5.57. The second-order valence-corrected chi connectivity index (χ2v) is 7.75. The Hall–Kier alpha value is -2.55. The summed E-state index contributed by atoms with van der Waals surface area (Å²) in [6, 6.07) is 17.7. The van der Waals surface area contributed by atoms with Gasteiger partial charge >= 0.3 is 0 Å². The summed E-state index contributed by atoms with van der Waals surface area (Å²) in [7, 11) is 4.09. The molecular formula is C23H26N2O. The van der Waals surface area contributed by atoms with Gasteiger partial charge in [0.2, 0.25) is 0 Å². The number of ketones is 1. The van der Waals surface area contributed by atoms with Crippen LogP contribution in [0.2, 0.25) is 0 Å². The molecule has 26 heavy (non-hydrogen) atoms. The SMILES string of the molecule is CN(C)c1ccc([C@@H]2CC(=O)C=C(NC3Cc4ccccc4C3)C2)cc1. The molecule has 0 unspecified atom stereocenters. The van der Waals surface area contributed by atoms with Gasteiger partial charge in [-0.05, 0) is 54.0 Å². The van der Waals surface area contributed by atoms with Crippen LogP contribution in [0.15, 0.2) is 60.3 Å². The first-order valence-electron chi connectivity index (χ1n) is 9.42. The lowest BCUT2D eigenvalue weighted by Gasteiger charge is -2.26. The molecule has 3 nitrogen and oxygen atoms in total. The fraction of sp³-hybridized carbons (Fsp3) is 0.348. The lowest BCUT2D eigenvalue weighted by atomic mass is 9.85. The number of hydrogen-bond donors (Lipinski definition) is 1. The van der Waals surface area contributed by atoms with E-state index in [1.165, 1.54) is 22.4 Å². The average molecular weight is 346 g/mol. The zero-order valence-electron chi connectivity index (χ0n) is 15.5. The number of nitrogens with one attached hydrogen (secondary N) is 1. The highest BCUT2D eigenvalue weighted by Gasteiger charge is 2.26. The number of rotatable bonds is 4. The molecule has 1 atom stereocenters. The molecular weight excluding hydrogens is 320 g/mol. The van der Waals surface area contributed by atoms with Crippen LogP contribution in [0.4, 0.5) is 5.69 Å². The maximum Gasteiger partial charge on any atom is 0.158 e. The smallest absolute Gasteiger partial charge is 0.158 e. The molecule has 134 valence electrons. The fourth-order valence-corrected chi connectivity index (χ4v) is 4.20. The van der Waals surface area contributed by atoms with Crippen LogP contribution >= 0.6 is 0 Å². The summed E-state index contributed by atoms with van der Waals surface area (Å²) < 4.78 is 0. The topological polar surface area (TPSA) is 32.3 Å². The lowest BCUT2D eigenvalue weighted by Crippen LogP contribution is -2.32. The van der Waals surface area contributed by atoms with Crippen LogP contribution in [-0.4, -0.2) is 25.9 Å². The molecule has 0 amide bonds. The predicted octanol–water partition coefficient (Wildman–Crippen LogP) is 3.84. The first-order valence-corrected chi connectivity index (χ1v) is 9.42. The second-order valence-electron chi connectivity index (χ2n) is 7.75. The van der Waals surface area contributed by atoms with E-state index in [0.717, 1.165) is 25.0 Å². The number of benzene rings is 2. The summed E-state index contributed by atoms with van der Waals surface area (Å²) in [5.74, 6) is 0.505. The maximum atomic E-state index is 12.3. The van der Waals surface area contributed by atoms with Crippen LogP contribution in [0.1, 0.15) is 35.4 Å². The quantitative estimate of drug-likeness (QED) is 0.913. The average Bonchev–Trinajstić information content (AvgIpc) is 3.03. The zero-order chi connectivity index (χ0) is 18.1. The van der Waals surface area contributed by atoms with E-state index in [1.54, 1.807) is 0 Å². The summed E-state index contributed by atoms with van der Waals surface area (Å²) in [6.45, 7) is 0. The van der Waals surface area contributed by atoms with E-state index in [-0.39, 0.29) is 11.7 Å². The Labute approximate surface area is 155 Å². The van der Waals surface area contributed by atoms with Crippen molar-refractivity contribution >= 4 is 11.5 Å². The molecule has 1 N–H and O–H groups in total. The number of fused-ring (bicyclic) bond motifs is 1. The van der Waals surface area contributed by atoms with E-state index >= 15 is 0 Å². The van der Waals surface area contributed by atoms with Gasteiger partial charge in [-0.15, -0.1) is 0 Å². The fourth-order valence-electron chi connectivity index (χ4n) is 4.20. The van der Waals surface area contributed by atoms with E-state index in [9.17, 15) is 4.79 Å². The minimum absolute atomic E-state index is 0.232. The van der Waals surface area contributed by atoms with E-state index < -0.39 is 0 Å². The highest BCUT2D eigenvalue weighted by Crippen LogP contribution is 2.32. The Balaban J connectivity index is 1.44. The first kappa shape index (κ1) is 16.9. The molecule has 0 bridgehead atoms. The molecule has 0 spiro atoms. The Morgan fingerprint density at radius 2 is 1.54 bits per heavy atom. The first-order chi connectivity index (χ1) is 12.6. The molecule has 3 heteroatoms. The highest BCUT2D eigenvalue weighted by molar-refractivity contribution is 5.92. The van der Waals surface area contributed by atoms with Gasteiger partial charge in [-0.1, -0.05) is 36.4 Å². The van der Waals surface area contributed by atoms with Crippen molar-refractivity contribution in [1.29, 1.82) is 0 Å². The number of carbonyl (C=O) groups excluding carboxylic acids is 1. The van der Waals surface area contributed by atoms with Gasteiger partial charge in [0.15, 0.2) is 5.78 Å². The Bertz CT molecular complexity index is 811. The normalized spacial score (nSPS) is 19.8. The van der Waals surface area contributed by atoms with E-state index in [4.69, 9.17) is 0 Å². The third kappa shape index (κ3) is 3.52. The van der Waals surface area contributed by atoms with Gasteiger partial charge in [-0.25, -0.2) is 0 Å². The standard InChI is InChI=1S/C23H26N2O/c1-25(2)22-9-7-16(8-10-22)19-13-21(15-23(26)14-19)24-20-11-17-5-3-4-6-18(17)12-20/h3-10,15,19-20,24H,11-14H2,1-2H3/t19-/m0/s1. The minimum atomic E-state index is 0.232. The van der Waals surface area contributed by atoms with E-state index in [2.05, 4.69) is 58.7 Å². The molecule has 2 aromatic rings. The largest absolute Gasteiger partial charge is 0.385 e. The maximum absolute atomic E-state index is 12.3. The molecule has 0 fully saturated rings. The number of hydrogen-bond acceptors (Lipinski definition) is 3. The third-order valence-electron chi connectivity index (χ3n) is 5.57. The van der Waals surface area contributed by atoms with Crippen molar-refractivity contribution in [2.45, 2.75) is 37.6 Å². The monoisotopic (exact) mass is 346 g/mol. The van der Waals surface area contributed by atoms with Crippen molar-refractivity contribution in [3.63, 3.8) is 0 Å². The van der Waals surface area contributed by atoms with Crippen molar-refractivity contribution in [2.75, 3.05) is 19.0 Å². The van der Waals surface area contributed by atoms with Crippen molar-refractivity contribution in [3.8, 4) is 0 Å². The molecule has 0 saturated carbocycles. The Morgan fingerprint density at radius 1 is 0.885 bits per heavy atom. The Kier molecular flexibility index (Phi) is 4.54. The van der Waals surface area contributed by atoms with Crippen LogP contribution in [0.3, 0.4) is 0 Å². The lowest BCUT2D eigenvalue weighted by molar-refractivity contribution is -0.115. The molecule has 2 aliphatic rings. The highest BCUT2D eigenvalue weighted by atomic mass is 16.1. The molecule has 2 aromatic carbocycles. The van der Waals surface area contributed by atoms with Crippen molar-refractivity contribution in [2.24, 2.45) is 0 Å². The molecule has 0 saturated heterocycles. The van der Waals surface area contributed by atoms with Gasteiger partial charge in [0.25, 0.3) is 0 Å². The zero-order valence-corrected chi connectivity index (χ0v) is 15.5. The van der Waals surface area contributed by atoms with E-state index in [0.29, 0.717) is 12.5 Å². The second kappa shape index (κ2) is 6.99. The molecule has 2 aliphatic carbocycles. The minimum Gasteiger partial charge on any atom is -0.385 e. The van der Waals surface area contributed by atoms with Crippen LogP contribution in [0.25, 0.3) is 0 Å². The van der Waals surface area contributed by atoms with Crippen LogP contribution in [0, 0.1) is 0 Å². The van der Waals surface area contributed by atoms with Gasteiger partial charge in [0.1, 0.15) is 0 Å². The summed E-state index contributed by atoms with van der Waals surface area (Å²) in [5, 5.41) is 3.66. The number of carbonyl (C=O) groups is 1. The van der Waals surface area contributed by atoms with Crippen molar-refractivity contribution in [3.05, 3.63) is 77.0 Å². The van der Waals surface area contributed by atoms with Crippen LogP contribution in [-0.2, 0) is 17.6 Å². The summed E-state index contributed by atoms with van der Waals surface area (Å²) in [4.78, 5) is 14.4. The molecule has 0 aliphatic heterocycles. The molecule has 4 rings (SSSR count). The van der Waals surface area contributed by atoms with Crippen LogP contribution < -0.4 is 10.2 Å². The Morgan fingerprint density at radius 3 is 2.15 bits per heavy atom. The predicted molar refractivity (Wildman–Crippen MR) is 107 cm³/mol. The van der Waals surface area contributed by atoms with Gasteiger partial charge in [-0.2, -0.15) is 0 Å². The molecule has 0 radical (unpaired) electrons. The summed E-state index contributed by atoms with van der Waals surface area (Å²) in [5.41, 5.74) is 6.41. The summed E-state index contributed by atoms with van der Waals surface area (Å²) in [6.07, 6.45) is 5.44. The number of nitrogens with zero attached hydrogens (tertiary/aromatic N) is 1. The molecule has 0 heterocycles. The number of anilines is 1. The van der Waals surface area contributed by atoms with Gasteiger partial charge in [-0.3, -0.25) is 4.79 Å². The van der Waals surface area contributed by atoms with Crippen molar-refractivity contribution in [1.82, 2.24) is 5.32 Å². The van der Waals surface area contributed by atoms with E-state index in [1.807, 2.05) is 20.2 Å². The van der Waals surface area contributed by atoms with Crippen LogP contribution in [0.5, 0.6) is 0 Å². The number of allylic oxidation sites excluding steroid dienone is 2. The van der Waals surface area contributed by atoms with Gasteiger partial charge in [0.05, 0.1) is 0 Å². The molecule has 0 aromatic heterocycles. The van der Waals surface area contributed by atoms with Gasteiger partial charge < -0.3 is 10.2 Å².